The van der Waals surface area contributed by atoms with Crippen LogP contribution in [0.25, 0.3) is 0 Å². The van der Waals surface area contributed by atoms with Crippen LogP contribution in [0.5, 0.6) is 0 Å². The van der Waals surface area contributed by atoms with Crippen molar-refractivity contribution in [2.45, 2.75) is 31.6 Å². The van der Waals surface area contributed by atoms with Crippen LogP contribution in [0.4, 0.5) is 0 Å². The van der Waals surface area contributed by atoms with Crippen molar-refractivity contribution in [3.05, 3.63) is 0 Å². The van der Waals surface area contributed by atoms with Gasteiger partial charge in [-0.3, -0.25) is 8.98 Å². The molecule has 11 heavy (non-hydrogen) atoms. The second-order valence-electron chi connectivity index (χ2n) is 2.73. The Bertz CT molecular complexity index is 266. The Labute approximate surface area is 65.7 Å². The Hall–Kier alpha value is -0.420. The molecule has 0 amide bonds. The van der Waals surface area contributed by atoms with Gasteiger partial charge in [0.15, 0.2) is 0 Å². The van der Waals surface area contributed by atoms with Crippen molar-refractivity contribution < 1.29 is 17.4 Å². The lowest BCUT2D eigenvalue weighted by molar-refractivity contribution is -0.116. The first-order valence-corrected chi connectivity index (χ1v) is 4.83. The van der Waals surface area contributed by atoms with Crippen molar-refractivity contribution in [3.8, 4) is 0 Å². The summed E-state index contributed by atoms with van der Waals surface area (Å²) in [5.74, 6) is -0.339. The number of Topliss-reactive ketones (excluding diaryl/α,β-unsaturated/α-hetero) is 1. The maximum atomic E-state index is 11.0. The van der Waals surface area contributed by atoms with Crippen molar-refractivity contribution in [2.24, 2.45) is 0 Å². The maximum absolute atomic E-state index is 11.0. The fraction of sp³-hybridized carbons (Fsp3) is 0.833. The second kappa shape index (κ2) is 2.57. The van der Waals surface area contributed by atoms with Crippen molar-refractivity contribution in [1.82, 2.24) is 0 Å². The van der Waals surface area contributed by atoms with Crippen LogP contribution in [-0.4, -0.2) is 25.6 Å². The first-order valence-electron chi connectivity index (χ1n) is 3.36. The minimum atomic E-state index is -3.59. The minimum Gasteiger partial charge on any atom is -0.298 e. The summed E-state index contributed by atoms with van der Waals surface area (Å²) >= 11 is 0. The first kappa shape index (κ1) is 8.67. The van der Waals surface area contributed by atoms with Crippen molar-refractivity contribution in [3.63, 3.8) is 0 Å². The smallest absolute Gasteiger partial charge is 0.277 e. The third kappa shape index (κ3) is 1.59. The van der Waals surface area contributed by atoms with E-state index < -0.39 is 15.4 Å². The molecule has 1 aliphatic rings. The number of rotatable bonds is 1. The van der Waals surface area contributed by atoms with Crippen LogP contribution in [0.2, 0.25) is 0 Å². The van der Waals surface area contributed by atoms with Crippen LogP contribution in [0.15, 0.2) is 0 Å². The molecule has 0 saturated carbocycles. The largest absolute Gasteiger partial charge is 0.298 e. The van der Waals surface area contributed by atoms with E-state index in [1.54, 1.807) is 6.92 Å². The lowest BCUT2D eigenvalue weighted by Crippen LogP contribution is -2.22. The average Bonchev–Trinajstić information content (AvgIpc) is 2.04. The standard InChI is InChI=1S/C6H10O4S/c1-4-3-6(5(2)7)11(8,9)10-4/h4,6H,3H2,1-2H3. The quantitative estimate of drug-likeness (QED) is 0.533. The molecule has 1 heterocycles. The predicted octanol–water partition coefficient (Wildman–Crippen LogP) is 0.0826. The number of hydrogen-bond donors (Lipinski definition) is 0. The summed E-state index contributed by atoms with van der Waals surface area (Å²) in [6.45, 7) is 2.91. The minimum absolute atomic E-state index is 0.289. The Morgan fingerprint density at radius 1 is 1.55 bits per heavy atom. The first-order chi connectivity index (χ1) is 4.93. The Morgan fingerprint density at radius 2 is 2.09 bits per heavy atom. The molecule has 0 aromatic heterocycles. The van der Waals surface area contributed by atoms with Crippen LogP contribution in [-0.2, 0) is 19.1 Å². The summed E-state index contributed by atoms with van der Waals surface area (Å²) < 4.78 is 26.5. The monoisotopic (exact) mass is 178 g/mol. The summed E-state index contributed by atoms with van der Waals surface area (Å²) in [5.41, 5.74) is 0. The topological polar surface area (TPSA) is 60.4 Å². The van der Waals surface area contributed by atoms with Crippen molar-refractivity contribution >= 4 is 15.9 Å². The van der Waals surface area contributed by atoms with Crippen LogP contribution >= 0.6 is 0 Å². The van der Waals surface area contributed by atoms with Crippen molar-refractivity contribution in [2.75, 3.05) is 0 Å². The Morgan fingerprint density at radius 3 is 2.27 bits per heavy atom. The van der Waals surface area contributed by atoms with Gasteiger partial charge in [0.1, 0.15) is 11.0 Å². The summed E-state index contributed by atoms with van der Waals surface area (Å²) in [6, 6.07) is 0. The zero-order chi connectivity index (χ0) is 8.65. The highest BCUT2D eigenvalue weighted by molar-refractivity contribution is 7.88. The molecular formula is C6H10O4S. The highest BCUT2D eigenvalue weighted by atomic mass is 32.2. The molecule has 1 rings (SSSR count). The van der Waals surface area contributed by atoms with Crippen LogP contribution < -0.4 is 0 Å². The van der Waals surface area contributed by atoms with Gasteiger partial charge in [-0.05, 0) is 13.8 Å². The zero-order valence-electron chi connectivity index (χ0n) is 6.40. The lowest BCUT2D eigenvalue weighted by Gasteiger charge is -1.99. The van der Waals surface area contributed by atoms with Gasteiger partial charge in [-0.1, -0.05) is 0 Å². The maximum Gasteiger partial charge on any atom is 0.277 e. The molecule has 0 bridgehead atoms. The number of hydrogen-bond acceptors (Lipinski definition) is 4. The molecule has 0 aromatic carbocycles. The van der Waals surface area contributed by atoms with E-state index in [0.717, 1.165) is 0 Å². The fourth-order valence-electron chi connectivity index (χ4n) is 1.12. The van der Waals surface area contributed by atoms with E-state index in [-0.39, 0.29) is 18.3 Å². The van der Waals surface area contributed by atoms with Crippen LogP contribution in [0.3, 0.4) is 0 Å². The molecular weight excluding hydrogens is 168 g/mol. The molecule has 5 heteroatoms. The van der Waals surface area contributed by atoms with E-state index in [1.165, 1.54) is 6.92 Å². The molecule has 4 nitrogen and oxygen atoms in total. The van der Waals surface area contributed by atoms with Gasteiger partial charge in [0.05, 0.1) is 6.10 Å². The SMILES string of the molecule is CC(=O)C1CC(C)OS1(=O)=O. The van der Waals surface area contributed by atoms with E-state index in [2.05, 4.69) is 4.18 Å². The van der Waals surface area contributed by atoms with Gasteiger partial charge in [0.25, 0.3) is 10.1 Å². The molecule has 0 spiro atoms. The molecule has 2 unspecified atom stereocenters. The summed E-state index contributed by atoms with van der Waals surface area (Å²) in [5, 5.41) is -0.933. The number of ketones is 1. The number of carbonyl (C=O) groups is 1. The van der Waals surface area contributed by atoms with E-state index in [4.69, 9.17) is 0 Å². The summed E-state index contributed by atoms with van der Waals surface area (Å²) in [7, 11) is -3.59. The van der Waals surface area contributed by atoms with Gasteiger partial charge in [-0.2, -0.15) is 8.42 Å². The Balaban J connectivity index is 2.92. The third-order valence-electron chi connectivity index (χ3n) is 1.65. The third-order valence-corrected chi connectivity index (χ3v) is 3.46. The second-order valence-corrected chi connectivity index (χ2v) is 4.48. The van der Waals surface area contributed by atoms with Crippen LogP contribution in [0.1, 0.15) is 20.3 Å². The van der Waals surface area contributed by atoms with Gasteiger partial charge in [0.2, 0.25) is 0 Å². The van der Waals surface area contributed by atoms with E-state index in [0.29, 0.717) is 0 Å². The van der Waals surface area contributed by atoms with Gasteiger partial charge in [0, 0.05) is 6.42 Å². The molecule has 0 N–H and O–H groups in total. The molecule has 1 saturated heterocycles. The Kier molecular flexibility index (Phi) is 2.02. The van der Waals surface area contributed by atoms with Gasteiger partial charge < -0.3 is 0 Å². The van der Waals surface area contributed by atoms with Gasteiger partial charge in [-0.25, -0.2) is 0 Å². The molecule has 0 radical (unpaired) electrons. The van der Waals surface area contributed by atoms with E-state index in [1.807, 2.05) is 0 Å². The fourth-order valence-corrected chi connectivity index (χ4v) is 2.71. The van der Waals surface area contributed by atoms with Gasteiger partial charge in [-0.15, -0.1) is 0 Å². The highest BCUT2D eigenvalue weighted by Gasteiger charge is 2.40. The predicted molar refractivity (Wildman–Crippen MR) is 38.6 cm³/mol. The normalized spacial score (nSPS) is 35.5. The zero-order valence-corrected chi connectivity index (χ0v) is 7.22. The number of carbonyl (C=O) groups excluding carboxylic acids is 1. The van der Waals surface area contributed by atoms with Crippen LogP contribution in [0, 0.1) is 0 Å². The lowest BCUT2D eigenvalue weighted by atomic mass is 10.2. The summed E-state index contributed by atoms with van der Waals surface area (Å²) in [6.07, 6.45) is -0.0635. The summed E-state index contributed by atoms with van der Waals surface area (Å²) in [4.78, 5) is 10.7. The van der Waals surface area contributed by atoms with Gasteiger partial charge >= 0.3 is 0 Å². The molecule has 0 aromatic rings. The van der Waals surface area contributed by atoms with E-state index in [9.17, 15) is 13.2 Å². The average molecular weight is 178 g/mol. The molecule has 1 fully saturated rings. The molecule has 2 atom stereocenters. The highest BCUT2D eigenvalue weighted by Crippen LogP contribution is 2.23. The molecule has 64 valence electrons. The van der Waals surface area contributed by atoms with E-state index >= 15 is 0 Å². The molecule has 0 aliphatic carbocycles. The van der Waals surface area contributed by atoms with Crippen molar-refractivity contribution in [1.29, 1.82) is 0 Å². The molecule has 1 aliphatic heterocycles.